The molecule has 0 heterocycles. The molecule has 0 fully saturated rings. The van der Waals surface area contributed by atoms with Crippen molar-refractivity contribution < 1.29 is 18.9 Å². The third-order valence-electron chi connectivity index (χ3n) is 3.90. The van der Waals surface area contributed by atoms with Crippen molar-refractivity contribution in [3.8, 4) is 0 Å². The van der Waals surface area contributed by atoms with Crippen molar-refractivity contribution in [1.29, 1.82) is 0 Å². The smallest absolute Gasteiger partial charge is 0.270 e. The largest absolute Gasteiger partial charge is 0.377 e. The third kappa shape index (κ3) is 5.76. The molecule has 8 nitrogen and oxygen atoms in total. The number of non-ortho nitro benzene ring substituents is 1. The topological polar surface area (TPSA) is 105 Å². The predicted octanol–water partition coefficient (Wildman–Crippen LogP) is 1.89. The van der Waals surface area contributed by atoms with Crippen molar-refractivity contribution in [2.75, 3.05) is 32.1 Å². The molecule has 0 aromatic heterocycles. The Balaban J connectivity index is 1.89. The highest BCUT2D eigenvalue weighted by Gasteiger charge is 2.17. The van der Waals surface area contributed by atoms with Crippen LogP contribution >= 0.6 is 0 Å². The first kappa shape index (κ1) is 20.8. The van der Waals surface area contributed by atoms with Crippen molar-refractivity contribution in [2.24, 2.45) is 0 Å². The Morgan fingerprint density at radius 1 is 1.11 bits per heavy atom. The number of nitrogens with one attached hydrogen (secondary N) is 2. The third-order valence-corrected chi connectivity index (χ3v) is 3.90. The first-order valence-electron chi connectivity index (χ1n) is 8.53. The average Bonchev–Trinajstić information content (AvgIpc) is 2.64. The van der Waals surface area contributed by atoms with Crippen molar-refractivity contribution in [3.05, 3.63) is 69.5 Å². The number of hydrogen-bond donors (Lipinski definition) is 2. The molecule has 0 saturated heterocycles. The van der Waals surface area contributed by atoms with Crippen LogP contribution in [-0.2, 0) is 11.2 Å². The molecular formula is C19H21FN4O4. The van der Waals surface area contributed by atoms with Crippen LogP contribution in [0.15, 0.2) is 42.5 Å². The van der Waals surface area contributed by atoms with Crippen LogP contribution in [-0.4, -0.2) is 43.9 Å². The molecule has 0 unspecified atom stereocenters. The van der Waals surface area contributed by atoms with E-state index in [2.05, 4.69) is 10.6 Å². The lowest BCUT2D eigenvalue weighted by atomic mass is 10.1. The highest BCUT2D eigenvalue weighted by Crippen LogP contribution is 2.24. The molecule has 0 atom stereocenters. The minimum absolute atomic E-state index is 0.0291. The Labute approximate surface area is 161 Å². The predicted molar refractivity (Wildman–Crippen MR) is 103 cm³/mol. The fourth-order valence-corrected chi connectivity index (χ4v) is 2.58. The molecule has 0 saturated carbocycles. The van der Waals surface area contributed by atoms with Gasteiger partial charge in [0.05, 0.1) is 16.9 Å². The first-order chi connectivity index (χ1) is 13.3. The molecule has 0 aliphatic rings. The van der Waals surface area contributed by atoms with Gasteiger partial charge in [-0.15, -0.1) is 0 Å². The van der Waals surface area contributed by atoms with Gasteiger partial charge in [0.2, 0.25) is 5.91 Å². The molecule has 148 valence electrons. The molecule has 0 aliphatic carbocycles. The summed E-state index contributed by atoms with van der Waals surface area (Å²) < 4.78 is 13.1. The normalized spacial score (nSPS) is 10.2. The summed E-state index contributed by atoms with van der Waals surface area (Å²) in [7, 11) is 3.45. The minimum Gasteiger partial charge on any atom is -0.377 e. The van der Waals surface area contributed by atoms with Crippen LogP contribution in [0.1, 0.15) is 15.9 Å². The van der Waals surface area contributed by atoms with Crippen LogP contribution in [0.3, 0.4) is 0 Å². The van der Waals surface area contributed by atoms with E-state index in [-0.39, 0.29) is 36.7 Å². The van der Waals surface area contributed by atoms with Gasteiger partial charge in [0.15, 0.2) is 0 Å². The molecule has 0 aliphatic heterocycles. The summed E-state index contributed by atoms with van der Waals surface area (Å²) in [5, 5.41) is 16.2. The van der Waals surface area contributed by atoms with Crippen LogP contribution in [0.5, 0.6) is 0 Å². The number of hydrogen-bond acceptors (Lipinski definition) is 5. The zero-order valence-electron chi connectivity index (χ0n) is 15.6. The van der Waals surface area contributed by atoms with Crippen LogP contribution in [0, 0.1) is 15.9 Å². The fourth-order valence-electron chi connectivity index (χ4n) is 2.58. The zero-order valence-corrected chi connectivity index (χ0v) is 15.6. The number of amides is 2. The van der Waals surface area contributed by atoms with Gasteiger partial charge in [-0.05, 0) is 23.8 Å². The van der Waals surface area contributed by atoms with E-state index in [1.165, 1.54) is 36.4 Å². The lowest BCUT2D eigenvalue weighted by molar-refractivity contribution is -0.384. The molecule has 2 rings (SSSR count). The fraction of sp³-hybridized carbons (Fsp3) is 0.263. The van der Waals surface area contributed by atoms with Gasteiger partial charge in [0.25, 0.3) is 11.6 Å². The minimum atomic E-state index is -0.567. The van der Waals surface area contributed by atoms with Crippen LogP contribution in [0.2, 0.25) is 0 Å². The molecule has 0 radical (unpaired) electrons. The van der Waals surface area contributed by atoms with Gasteiger partial charge in [0.1, 0.15) is 5.82 Å². The number of nitro groups is 1. The van der Waals surface area contributed by atoms with Crippen molar-refractivity contribution in [3.63, 3.8) is 0 Å². The van der Waals surface area contributed by atoms with Crippen molar-refractivity contribution in [1.82, 2.24) is 10.6 Å². The van der Waals surface area contributed by atoms with Crippen LogP contribution in [0.4, 0.5) is 15.8 Å². The molecular weight excluding hydrogens is 367 g/mol. The summed E-state index contributed by atoms with van der Waals surface area (Å²) in [6.07, 6.45) is 0.0291. The number of halogens is 1. The quantitative estimate of drug-likeness (QED) is 0.408. The van der Waals surface area contributed by atoms with E-state index in [9.17, 15) is 24.1 Å². The second-order valence-corrected chi connectivity index (χ2v) is 6.27. The van der Waals surface area contributed by atoms with Gasteiger partial charge in [-0.1, -0.05) is 12.1 Å². The summed E-state index contributed by atoms with van der Waals surface area (Å²) >= 11 is 0. The van der Waals surface area contributed by atoms with E-state index >= 15 is 0 Å². The number of benzene rings is 2. The molecule has 0 spiro atoms. The molecule has 2 aromatic rings. The van der Waals surface area contributed by atoms with E-state index in [1.54, 1.807) is 25.1 Å². The standard InChI is InChI=1S/C19H21FN4O4/c1-23(2)17-7-6-15(24(27)28)12-16(17)19(26)22-9-8-21-18(25)11-13-4-3-5-14(20)10-13/h3-7,10,12H,8-9,11H2,1-2H3,(H,21,25)(H,22,26). The summed E-state index contributed by atoms with van der Waals surface area (Å²) in [4.78, 5) is 36.3. The van der Waals surface area contributed by atoms with E-state index in [0.29, 0.717) is 11.3 Å². The molecule has 0 bridgehead atoms. The number of anilines is 1. The zero-order chi connectivity index (χ0) is 20.7. The molecule has 9 heteroatoms. The maximum atomic E-state index is 13.1. The van der Waals surface area contributed by atoms with E-state index < -0.39 is 16.6 Å². The van der Waals surface area contributed by atoms with Crippen LogP contribution in [0.25, 0.3) is 0 Å². The van der Waals surface area contributed by atoms with E-state index in [0.717, 1.165) is 0 Å². The Morgan fingerprint density at radius 2 is 1.82 bits per heavy atom. The number of carbonyl (C=O) groups is 2. The average molecular weight is 388 g/mol. The van der Waals surface area contributed by atoms with Gasteiger partial charge in [-0.2, -0.15) is 0 Å². The lowest BCUT2D eigenvalue weighted by Gasteiger charge is -2.17. The first-order valence-corrected chi connectivity index (χ1v) is 8.53. The van der Waals surface area contributed by atoms with E-state index in [1.807, 2.05) is 0 Å². The maximum absolute atomic E-state index is 13.1. The van der Waals surface area contributed by atoms with Crippen molar-refractivity contribution in [2.45, 2.75) is 6.42 Å². The summed E-state index contributed by atoms with van der Waals surface area (Å²) in [5.74, 6) is -1.19. The van der Waals surface area contributed by atoms with Gasteiger partial charge < -0.3 is 15.5 Å². The number of nitro benzene ring substituents is 1. The monoisotopic (exact) mass is 388 g/mol. The molecule has 2 aromatic carbocycles. The second kappa shape index (κ2) is 9.45. The van der Waals surface area contributed by atoms with Crippen LogP contribution < -0.4 is 15.5 Å². The Kier molecular flexibility index (Phi) is 7.02. The van der Waals surface area contributed by atoms with Crippen molar-refractivity contribution >= 4 is 23.2 Å². The summed E-state index contributed by atoms with van der Waals surface area (Å²) in [5.41, 5.74) is 1.08. The second-order valence-electron chi connectivity index (χ2n) is 6.27. The number of rotatable bonds is 8. The summed E-state index contributed by atoms with van der Waals surface area (Å²) in [6.45, 7) is 0.315. The maximum Gasteiger partial charge on any atom is 0.270 e. The Bertz CT molecular complexity index is 886. The van der Waals surface area contributed by atoms with Gasteiger partial charge in [-0.3, -0.25) is 19.7 Å². The van der Waals surface area contributed by atoms with E-state index in [4.69, 9.17) is 0 Å². The Hall–Kier alpha value is -3.49. The SMILES string of the molecule is CN(C)c1ccc([N+](=O)[O-])cc1C(=O)NCCNC(=O)Cc1cccc(F)c1. The molecule has 2 N–H and O–H groups in total. The highest BCUT2D eigenvalue weighted by atomic mass is 19.1. The highest BCUT2D eigenvalue weighted by molar-refractivity contribution is 6.00. The Morgan fingerprint density at radius 3 is 2.46 bits per heavy atom. The number of carbonyl (C=O) groups excluding carboxylic acids is 2. The molecule has 28 heavy (non-hydrogen) atoms. The lowest BCUT2D eigenvalue weighted by Crippen LogP contribution is -2.35. The van der Waals surface area contributed by atoms with Gasteiger partial charge >= 0.3 is 0 Å². The number of nitrogens with zero attached hydrogens (tertiary/aromatic N) is 2. The summed E-state index contributed by atoms with van der Waals surface area (Å²) in [6, 6.07) is 9.81. The van der Waals surface area contributed by atoms with Gasteiger partial charge in [-0.25, -0.2) is 4.39 Å². The molecule has 2 amide bonds. The van der Waals surface area contributed by atoms with Gasteiger partial charge in [0, 0.05) is 45.0 Å².